The lowest BCUT2D eigenvalue weighted by Crippen LogP contribution is -2.40. The summed E-state index contributed by atoms with van der Waals surface area (Å²) in [5, 5.41) is 20.6. The average Bonchev–Trinajstić information content (AvgIpc) is 3.12. The van der Waals surface area contributed by atoms with Gasteiger partial charge in [0.1, 0.15) is 0 Å². The van der Waals surface area contributed by atoms with Crippen LogP contribution in [0.15, 0.2) is 21.8 Å². The van der Waals surface area contributed by atoms with Crippen molar-refractivity contribution in [1.82, 2.24) is 15.5 Å². The van der Waals surface area contributed by atoms with Crippen molar-refractivity contribution in [1.29, 1.82) is 0 Å². The van der Waals surface area contributed by atoms with Crippen LogP contribution in [-0.2, 0) is 0 Å². The second kappa shape index (κ2) is 10.7. The van der Waals surface area contributed by atoms with Crippen LogP contribution < -0.4 is 10.6 Å². The van der Waals surface area contributed by atoms with Gasteiger partial charge in [-0.05, 0) is 55.1 Å². The van der Waals surface area contributed by atoms with E-state index in [1.54, 1.807) is 11.3 Å². The first-order chi connectivity index (χ1) is 11.7. The van der Waals surface area contributed by atoms with Crippen molar-refractivity contribution in [2.45, 2.75) is 45.1 Å². The van der Waals surface area contributed by atoms with Gasteiger partial charge < -0.3 is 20.6 Å². The monoisotopic (exact) mass is 352 g/mol. The number of likely N-dealkylation sites (tertiary alicyclic amines) is 1. The molecule has 0 spiro atoms. The van der Waals surface area contributed by atoms with Crippen molar-refractivity contribution in [3.8, 4) is 0 Å². The first-order valence-electron chi connectivity index (χ1n) is 9.13. The lowest BCUT2D eigenvalue weighted by molar-refractivity contribution is 0.0823. The van der Waals surface area contributed by atoms with E-state index in [2.05, 4.69) is 46.2 Å². The van der Waals surface area contributed by atoms with E-state index in [-0.39, 0.29) is 6.10 Å². The SMILES string of the molecule is CCNC(=NCC(C)c1ccsc1)NCCCN1CCC(O)CC1. The standard InChI is InChI=1S/C18H32N4OS/c1-3-19-18(21-13-15(2)16-7-12-24-14-16)20-8-4-9-22-10-5-17(23)6-11-22/h7,12,14-15,17,23H,3-6,8-11,13H2,1-2H3,(H2,19,20,21). The van der Waals surface area contributed by atoms with Gasteiger partial charge in [-0.25, -0.2) is 0 Å². The molecule has 136 valence electrons. The molecule has 1 unspecified atom stereocenters. The Morgan fingerprint density at radius 1 is 1.42 bits per heavy atom. The number of nitrogens with zero attached hydrogens (tertiary/aromatic N) is 2. The smallest absolute Gasteiger partial charge is 0.191 e. The topological polar surface area (TPSA) is 59.9 Å². The molecule has 1 atom stereocenters. The van der Waals surface area contributed by atoms with Crippen LogP contribution in [0.25, 0.3) is 0 Å². The summed E-state index contributed by atoms with van der Waals surface area (Å²) in [6.45, 7) is 10.1. The number of hydrogen-bond donors (Lipinski definition) is 3. The molecule has 1 aromatic rings. The number of hydrogen-bond acceptors (Lipinski definition) is 4. The Morgan fingerprint density at radius 3 is 2.88 bits per heavy atom. The highest BCUT2D eigenvalue weighted by Crippen LogP contribution is 2.18. The van der Waals surface area contributed by atoms with E-state index in [1.807, 2.05) is 0 Å². The summed E-state index contributed by atoms with van der Waals surface area (Å²) < 4.78 is 0. The number of guanidine groups is 1. The third kappa shape index (κ3) is 6.79. The molecule has 5 nitrogen and oxygen atoms in total. The molecule has 24 heavy (non-hydrogen) atoms. The molecule has 6 heteroatoms. The van der Waals surface area contributed by atoms with Crippen molar-refractivity contribution >= 4 is 17.3 Å². The fourth-order valence-corrected chi connectivity index (χ4v) is 3.67. The van der Waals surface area contributed by atoms with Gasteiger partial charge in [0.05, 0.1) is 6.10 Å². The van der Waals surface area contributed by atoms with E-state index in [9.17, 15) is 5.11 Å². The van der Waals surface area contributed by atoms with E-state index in [0.717, 1.165) is 64.5 Å². The van der Waals surface area contributed by atoms with Crippen LogP contribution in [0.4, 0.5) is 0 Å². The van der Waals surface area contributed by atoms with Gasteiger partial charge in [-0.2, -0.15) is 11.3 Å². The van der Waals surface area contributed by atoms with Crippen LogP contribution in [0.2, 0.25) is 0 Å². The van der Waals surface area contributed by atoms with Crippen LogP contribution in [0.1, 0.15) is 44.6 Å². The minimum Gasteiger partial charge on any atom is -0.393 e. The normalized spacial score (nSPS) is 18.5. The van der Waals surface area contributed by atoms with E-state index in [0.29, 0.717) is 5.92 Å². The lowest BCUT2D eigenvalue weighted by atomic mass is 10.1. The van der Waals surface area contributed by atoms with Gasteiger partial charge in [-0.1, -0.05) is 6.92 Å². The fourth-order valence-electron chi connectivity index (χ4n) is 2.88. The van der Waals surface area contributed by atoms with Crippen LogP contribution >= 0.6 is 11.3 Å². The van der Waals surface area contributed by atoms with Crippen LogP contribution in [0.3, 0.4) is 0 Å². The quantitative estimate of drug-likeness (QED) is 0.382. The van der Waals surface area contributed by atoms with Crippen molar-refractivity contribution in [3.63, 3.8) is 0 Å². The number of rotatable bonds is 8. The van der Waals surface area contributed by atoms with Crippen molar-refractivity contribution in [2.75, 3.05) is 39.3 Å². The predicted octanol–water partition coefficient (Wildman–Crippen LogP) is 2.25. The summed E-state index contributed by atoms with van der Waals surface area (Å²) in [5.41, 5.74) is 1.37. The number of nitrogens with one attached hydrogen (secondary N) is 2. The fraction of sp³-hybridized carbons (Fsp3) is 0.722. The summed E-state index contributed by atoms with van der Waals surface area (Å²) in [5.74, 6) is 1.36. The van der Waals surface area contributed by atoms with Gasteiger partial charge in [0.2, 0.25) is 0 Å². The molecule has 0 amide bonds. The molecule has 2 heterocycles. The van der Waals surface area contributed by atoms with Crippen molar-refractivity contribution in [2.24, 2.45) is 4.99 Å². The molecular weight excluding hydrogens is 320 g/mol. The Labute approximate surface area is 150 Å². The minimum absolute atomic E-state index is 0.0860. The first kappa shape index (κ1) is 19.2. The maximum Gasteiger partial charge on any atom is 0.191 e. The minimum atomic E-state index is -0.0860. The highest BCUT2D eigenvalue weighted by atomic mass is 32.1. The molecule has 3 N–H and O–H groups in total. The molecule has 0 aromatic carbocycles. The zero-order chi connectivity index (χ0) is 17.2. The van der Waals surface area contributed by atoms with E-state index in [1.165, 1.54) is 5.56 Å². The molecule has 0 aliphatic carbocycles. The number of aliphatic hydroxyl groups is 1. The Morgan fingerprint density at radius 2 is 2.21 bits per heavy atom. The second-order valence-corrected chi connectivity index (χ2v) is 7.31. The lowest BCUT2D eigenvalue weighted by Gasteiger charge is -2.29. The second-order valence-electron chi connectivity index (χ2n) is 6.53. The summed E-state index contributed by atoms with van der Waals surface area (Å²) in [7, 11) is 0. The van der Waals surface area contributed by atoms with Crippen LogP contribution in [0, 0.1) is 0 Å². The molecule has 0 bridgehead atoms. The van der Waals surface area contributed by atoms with E-state index >= 15 is 0 Å². The summed E-state index contributed by atoms with van der Waals surface area (Å²) >= 11 is 1.74. The van der Waals surface area contributed by atoms with Crippen LogP contribution in [0.5, 0.6) is 0 Å². The summed E-state index contributed by atoms with van der Waals surface area (Å²) in [6.07, 6.45) is 2.84. The molecular formula is C18H32N4OS. The molecule has 1 fully saturated rings. The number of aliphatic hydroxyl groups excluding tert-OH is 1. The summed E-state index contributed by atoms with van der Waals surface area (Å²) in [4.78, 5) is 7.16. The number of aliphatic imine (C=N–C) groups is 1. The Bertz CT molecular complexity index is 469. The largest absolute Gasteiger partial charge is 0.393 e. The van der Waals surface area contributed by atoms with Gasteiger partial charge in [-0.3, -0.25) is 4.99 Å². The van der Waals surface area contributed by atoms with E-state index < -0.39 is 0 Å². The van der Waals surface area contributed by atoms with Gasteiger partial charge in [-0.15, -0.1) is 0 Å². The maximum atomic E-state index is 9.54. The molecule has 0 saturated carbocycles. The highest BCUT2D eigenvalue weighted by Gasteiger charge is 2.16. The highest BCUT2D eigenvalue weighted by molar-refractivity contribution is 7.07. The molecule has 1 aromatic heterocycles. The molecule has 0 radical (unpaired) electrons. The summed E-state index contributed by atoms with van der Waals surface area (Å²) in [6, 6.07) is 2.18. The Balaban J connectivity index is 1.67. The first-order valence-corrected chi connectivity index (χ1v) is 10.1. The van der Waals surface area contributed by atoms with Gasteiger partial charge in [0.25, 0.3) is 0 Å². The number of thiophene rings is 1. The molecule has 1 saturated heterocycles. The van der Waals surface area contributed by atoms with Gasteiger partial charge in [0.15, 0.2) is 5.96 Å². The third-order valence-corrected chi connectivity index (χ3v) is 5.18. The predicted molar refractivity (Wildman–Crippen MR) is 103 cm³/mol. The van der Waals surface area contributed by atoms with Crippen molar-refractivity contribution in [3.05, 3.63) is 22.4 Å². The Hall–Kier alpha value is -1.11. The third-order valence-electron chi connectivity index (χ3n) is 4.48. The molecule has 1 aliphatic heterocycles. The van der Waals surface area contributed by atoms with Gasteiger partial charge in [0, 0.05) is 38.6 Å². The number of piperidine rings is 1. The molecule has 2 rings (SSSR count). The Kier molecular flexibility index (Phi) is 8.56. The molecule has 1 aliphatic rings. The zero-order valence-corrected chi connectivity index (χ0v) is 15.8. The van der Waals surface area contributed by atoms with E-state index in [4.69, 9.17) is 4.99 Å². The average molecular weight is 353 g/mol. The van der Waals surface area contributed by atoms with Crippen molar-refractivity contribution < 1.29 is 5.11 Å². The maximum absolute atomic E-state index is 9.54. The van der Waals surface area contributed by atoms with Crippen LogP contribution in [-0.4, -0.2) is 61.3 Å². The zero-order valence-electron chi connectivity index (χ0n) is 15.0. The van der Waals surface area contributed by atoms with Gasteiger partial charge >= 0.3 is 0 Å².